The molecule has 0 fully saturated rings. The fourth-order valence-corrected chi connectivity index (χ4v) is 1.80. The van der Waals surface area contributed by atoms with Gasteiger partial charge in [-0.2, -0.15) is 5.10 Å². The van der Waals surface area contributed by atoms with Crippen LogP contribution in [0.3, 0.4) is 0 Å². The molecule has 0 radical (unpaired) electrons. The van der Waals surface area contributed by atoms with Crippen molar-refractivity contribution in [3.05, 3.63) is 41.5 Å². The monoisotopic (exact) mass is 262 g/mol. The molecule has 1 aromatic carbocycles. The lowest BCUT2D eigenvalue weighted by Gasteiger charge is -2.10. The third kappa shape index (κ3) is 2.57. The average Bonchev–Trinajstić information content (AvgIpc) is 2.75. The maximum absolute atomic E-state index is 13.2. The largest absolute Gasteiger partial charge is 0.396 e. The van der Waals surface area contributed by atoms with E-state index in [1.165, 1.54) is 23.0 Å². The molecule has 0 aliphatic heterocycles. The Bertz CT molecular complexity index is 621. The molecular formula is C13H15FN4O. The first-order valence-corrected chi connectivity index (χ1v) is 5.91. The predicted octanol–water partition coefficient (Wildman–Crippen LogP) is 2.19. The van der Waals surface area contributed by atoms with Gasteiger partial charge in [0.25, 0.3) is 5.91 Å². The van der Waals surface area contributed by atoms with E-state index in [0.717, 1.165) is 5.56 Å². The van der Waals surface area contributed by atoms with Crippen molar-refractivity contribution in [2.24, 2.45) is 0 Å². The number of hydrogen-bond donors (Lipinski definition) is 2. The SMILES string of the molecule is CCn1ncc(N)c1C(=O)Nc1cc(F)ccc1C. The second kappa shape index (κ2) is 5.09. The molecule has 0 aliphatic carbocycles. The molecule has 1 amide bonds. The van der Waals surface area contributed by atoms with E-state index in [2.05, 4.69) is 10.4 Å². The van der Waals surface area contributed by atoms with E-state index >= 15 is 0 Å². The molecule has 1 aromatic heterocycles. The fraction of sp³-hybridized carbons (Fsp3) is 0.231. The molecular weight excluding hydrogens is 247 g/mol. The number of rotatable bonds is 3. The maximum atomic E-state index is 13.2. The normalized spacial score (nSPS) is 10.5. The van der Waals surface area contributed by atoms with Crippen molar-refractivity contribution in [2.45, 2.75) is 20.4 Å². The van der Waals surface area contributed by atoms with Crippen molar-refractivity contribution < 1.29 is 9.18 Å². The van der Waals surface area contributed by atoms with Crippen molar-refractivity contribution >= 4 is 17.3 Å². The van der Waals surface area contributed by atoms with Gasteiger partial charge in [-0.3, -0.25) is 9.48 Å². The molecule has 5 nitrogen and oxygen atoms in total. The topological polar surface area (TPSA) is 72.9 Å². The number of carbonyl (C=O) groups is 1. The standard InChI is InChI=1S/C13H15FN4O/c1-3-18-12(10(15)7-16-18)13(19)17-11-6-9(14)5-4-8(11)2/h4-7H,3,15H2,1-2H3,(H,17,19). The first-order chi connectivity index (χ1) is 9.02. The van der Waals surface area contributed by atoms with Crippen LogP contribution in [0.1, 0.15) is 23.0 Å². The molecule has 6 heteroatoms. The highest BCUT2D eigenvalue weighted by atomic mass is 19.1. The van der Waals surface area contributed by atoms with Gasteiger partial charge in [-0.15, -0.1) is 0 Å². The number of aromatic nitrogens is 2. The van der Waals surface area contributed by atoms with Crippen LogP contribution in [0.25, 0.3) is 0 Å². The summed E-state index contributed by atoms with van der Waals surface area (Å²) in [6, 6.07) is 4.22. The van der Waals surface area contributed by atoms with Gasteiger partial charge in [0.2, 0.25) is 0 Å². The molecule has 0 saturated heterocycles. The Morgan fingerprint density at radius 1 is 1.53 bits per heavy atom. The van der Waals surface area contributed by atoms with E-state index in [1.54, 1.807) is 13.0 Å². The van der Waals surface area contributed by atoms with Gasteiger partial charge in [0, 0.05) is 12.2 Å². The number of nitrogens with zero attached hydrogens (tertiary/aromatic N) is 2. The summed E-state index contributed by atoms with van der Waals surface area (Å²) in [6.07, 6.45) is 1.43. The van der Waals surface area contributed by atoms with Crippen molar-refractivity contribution in [1.29, 1.82) is 0 Å². The average molecular weight is 262 g/mol. The number of benzene rings is 1. The fourth-order valence-electron chi connectivity index (χ4n) is 1.80. The molecule has 19 heavy (non-hydrogen) atoms. The van der Waals surface area contributed by atoms with Gasteiger partial charge in [-0.1, -0.05) is 6.07 Å². The Morgan fingerprint density at radius 3 is 2.95 bits per heavy atom. The summed E-state index contributed by atoms with van der Waals surface area (Å²) in [4.78, 5) is 12.2. The Balaban J connectivity index is 2.30. The third-order valence-corrected chi connectivity index (χ3v) is 2.83. The van der Waals surface area contributed by atoms with Crippen LogP contribution >= 0.6 is 0 Å². The van der Waals surface area contributed by atoms with Crippen LogP contribution in [0.15, 0.2) is 24.4 Å². The lowest BCUT2D eigenvalue weighted by Crippen LogP contribution is -2.19. The molecule has 0 bridgehead atoms. The van der Waals surface area contributed by atoms with Gasteiger partial charge in [0.1, 0.15) is 11.5 Å². The Kier molecular flexibility index (Phi) is 3.50. The van der Waals surface area contributed by atoms with Gasteiger partial charge < -0.3 is 11.1 Å². The van der Waals surface area contributed by atoms with E-state index in [0.29, 0.717) is 17.9 Å². The van der Waals surface area contributed by atoms with E-state index in [9.17, 15) is 9.18 Å². The molecule has 1 heterocycles. The number of nitrogen functional groups attached to an aromatic ring is 1. The summed E-state index contributed by atoms with van der Waals surface area (Å²) in [5, 5.41) is 6.64. The number of aryl methyl sites for hydroxylation is 2. The minimum Gasteiger partial charge on any atom is -0.396 e. The summed E-state index contributed by atoms with van der Waals surface area (Å²) in [5.74, 6) is -0.802. The van der Waals surface area contributed by atoms with E-state index in [4.69, 9.17) is 5.73 Å². The Hall–Kier alpha value is -2.37. The van der Waals surface area contributed by atoms with Crippen LogP contribution in [-0.2, 0) is 6.54 Å². The lowest BCUT2D eigenvalue weighted by atomic mass is 10.2. The molecule has 0 unspecified atom stereocenters. The predicted molar refractivity (Wildman–Crippen MR) is 71.4 cm³/mol. The minimum atomic E-state index is -0.405. The summed E-state index contributed by atoms with van der Waals surface area (Å²) >= 11 is 0. The highest BCUT2D eigenvalue weighted by molar-refractivity contribution is 6.06. The number of anilines is 2. The highest BCUT2D eigenvalue weighted by Crippen LogP contribution is 2.19. The third-order valence-electron chi connectivity index (χ3n) is 2.83. The zero-order valence-electron chi connectivity index (χ0n) is 10.8. The second-order valence-electron chi connectivity index (χ2n) is 4.18. The van der Waals surface area contributed by atoms with Gasteiger partial charge in [-0.05, 0) is 31.5 Å². The first-order valence-electron chi connectivity index (χ1n) is 5.91. The van der Waals surface area contributed by atoms with Gasteiger partial charge >= 0.3 is 0 Å². The van der Waals surface area contributed by atoms with Gasteiger partial charge in [0.15, 0.2) is 0 Å². The zero-order valence-corrected chi connectivity index (χ0v) is 10.8. The lowest BCUT2D eigenvalue weighted by molar-refractivity contribution is 0.101. The number of nitrogens with one attached hydrogen (secondary N) is 1. The molecule has 0 saturated carbocycles. The zero-order chi connectivity index (χ0) is 14.0. The van der Waals surface area contributed by atoms with E-state index in [-0.39, 0.29) is 5.69 Å². The van der Waals surface area contributed by atoms with Gasteiger partial charge in [0.05, 0.1) is 11.9 Å². The van der Waals surface area contributed by atoms with Crippen LogP contribution in [0.2, 0.25) is 0 Å². The molecule has 2 rings (SSSR count). The molecule has 0 spiro atoms. The first kappa shape index (κ1) is 13.1. The van der Waals surface area contributed by atoms with Crippen LogP contribution in [0.5, 0.6) is 0 Å². The van der Waals surface area contributed by atoms with E-state index < -0.39 is 11.7 Å². The van der Waals surface area contributed by atoms with Crippen LogP contribution < -0.4 is 11.1 Å². The van der Waals surface area contributed by atoms with Crippen LogP contribution in [0.4, 0.5) is 15.8 Å². The highest BCUT2D eigenvalue weighted by Gasteiger charge is 2.17. The molecule has 100 valence electrons. The second-order valence-corrected chi connectivity index (χ2v) is 4.18. The van der Waals surface area contributed by atoms with Crippen molar-refractivity contribution in [2.75, 3.05) is 11.1 Å². The number of hydrogen-bond acceptors (Lipinski definition) is 3. The van der Waals surface area contributed by atoms with Crippen LogP contribution in [-0.4, -0.2) is 15.7 Å². The summed E-state index contributed by atoms with van der Waals surface area (Å²) in [7, 11) is 0. The minimum absolute atomic E-state index is 0.283. The van der Waals surface area contributed by atoms with Crippen molar-refractivity contribution in [3.8, 4) is 0 Å². The number of carbonyl (C=O) groups excluding carboxylic acids is 1. The number of amides is 1. The summed E-state index contributed by atoms with van der Waals surface area (Å²) in [6.45, 7) is 4.17. The smallest absolute Gasteiger partial charge is 0.276 e. The van der Waals surface area contributed by atoms with Crippen LogP contribution in [0, 0.1) is 12.7 Å². The molecule has 0 aliphatic rings. The summed E-state index contributed by atoms with van der Waals surface area (Å²) < 4.78 is 14.7. The summed E-state index contributed by atoms with van der Waals surface area (Å²) in [5.41, 5.74) is 7.50. The molecule has 0 atom stereocenters. The maximum Gasteiger partial charge on any atom is 0.276 e. The van der Waals surface area contributed by atoms with Gasteiger partial charge in [-0.25, -0.2) is 4.39 Å². The Labute approximate surface area is 110 Å². The Morgan fingerprint density at radius 2 is 2.26 bits per heavy atom. The number of nitrogens with two attached hydrogens (primary N) is 1. The number of halogens is 1. The van der Waals surface area contributed by atoms with E-state index in [1.807, 2.05) is 6.92 Å². The van der Waals surface area contributed by atoms with Crippen molar-refractivity contribution in [3.63, 3.8) is 0 Å². The molecule has 3 N–H and O–H groups in total. The quantitative estimate of drug-likeness (QED) is 0.890. The molecule has 2 aromatic rings. The van der Waals surface area contributed by atoms with Crippen molar-refractivity contribution in [1.82, 2.24) is 9.78 Å².